The lowest BCUT2D eigenvalue weighted by atomic mass is 9.82. The van der Waals surface area contributed by atoms with Crippen LogP contribution >= 0.6 is 0 Å². The highest BCUT2D eigenvalue weighted by Crippen LogP contribution is 2.34. The Balaban J connectivity index is 1.65. The molecule has 1 saturated carbocycles. The molecule has 1 aromatic rings. The van der Waals surface area contributed by atoms with Crippen LogP contribution < -0.4 is 0 Å². The molecular weight excluding hydrogens is 282 g/mol. The van der Waals surface area contributed by atoms with E-state index in [1.54, 1.807) is 0 Å². The molecule has 23 heavy (non-hydrogen) atoms. The van der Waals surface area contributed by atoms with E-state index < -0.39 is 0 Å². The Morgan fingerprint density at radius 3 is 2.48 bits per heavy atom. The summed E-state index contributed by atoms with van der Waals surface area (Å²) in [5.41, 5.74) is 2.11. The number of hydrogen-bond acceptors (Lipinski definition) is 2. The SMILES string of the molecule is CCCCCCC=COC1CCC(c2ccc(C#N)cc2)CC1. The summed E-state index contributed by atoms with van der Waals surface area (Å²) in [7, 11) is 0. The molecule has 0 N–H and O–H groups in total. The first-order valence-electron chi connectivity index (χ1n) is 9.14. The van der Waals surface area contributed by atoms with Gasteiger partial charge in [0, 0.05) is 0 Å². The van der Waals surface area contributed by atoms with Crippen molar-refractivity contribution in [3.05, 3.63) is 47.7 Å². The van der Waals surface area contributed by atoms with E-state index in [9.17, 15) is 0 Å². The maximum Gasteiger partial charge on any atom is 0.0991 e. The molecule has 0 bridgehead atoms. The van der Waals surface area contributed by atoms with Crippen LogP contribution in [0.5, 0.6) is 0 Å². The molecule has 1 aliphatic rings. The lowest BCUT2D eigenvalue weighted by Gasteiger charge is -2.28. The first-order valence-corrected chi connectivity index (χ1v) is 9.14. The number of ether oxygens (including phenoxy) is 1. The minimum absolute atomic E-state index is 0.386. The van der Waals surface area contributed by atoms with Crippen molar-refractivity contribution in [2.45, 2.75) is 76.7 Å². The van der Waals surface area contributed by atoms with Crippen LogP contribution in [0.1, 0.15) is 81.8 Å². The molecule has 2 rings (SSSR count). The summed E-state index contributed by atoms with van der Waals surface area (Å²) in [6, 6.07) is 10.3. The lowest BCUT2D eigenvalue weighted by Crippen LogP contribution is -2.19. The van der Waals surface area contributed by atoms with Gasteiger partial charge in [0.1, 0.15) is 0 Å². The summed E-state index contributed by atoms with van der Waals surface area (Å²) in [6.45, 7) is 2.24. The molecule has 0 atom stereocenters. The van der Waals surface area contributed by atoms with Crippen molar-refractivity contribution in [2.75, 3.05) is 0 Å². The second kappa shape index (κ2) is 10.1. The van der Waals surface area contributed by atoms with Crippen LogP contribution in [0.3, 0.4) is 0 Å². The second-order valence-corrected chi connectivity index (χ2v) is 6.56. The van der Waals surface area contributed by atoms with Crippen LogP contribution in [0, 0.1) is 11.3 Å². The zero-order valence-electron chi connectivity index (χ0n) is 14.3. The lowest BCUT2D eigenvalue weighted by molar-refractivity contribution is 0.0991. The maximum absolute atomic E-state index is 8.86. The number of nitriles is 1. The van der Waals surface area contributed by atoms with Gasteiger partial charge < -0.3 is 4.74 Å². The number of allylic oxidation sites excluding steroid dienone is 1. The molecule has 0 aliphatic heterocycles. The molecule has 124 valence electrons. The van der Waals surface area contributed by atoms with E-state index >= 15 is 0 Å². The third kappa shape index (κ3) is 6.10. The number of hydrogen-bond donors (Lipinski definition) is 0. The van der Waals surface area contributed by atoms with E-state index in [1.165, 1.54) is 44.1 Å². The first-order chi connectivity index (χ1) is 11.3. The van der Waals surface area contributed by atoms with Crippen molar-refractivity contribution in [2.24, 2.45) is 0 Å². The van der Waals surface area contributed by atoms with Crippen molar-refractivity contribution >= 4 is 0 Å². The molecule has 2 heteroatoms. The second-order valence-electron chi connectivity index (χ2n) is 6.56. The predicted molar refractivity (Wildman–Crippen MR) is 95.1 cm³/mol. The van der Waals surface area contributed by atoms with E-state index in [4.69, 9.17) is 10.00 Å². The summed E-state index contributed by atoms with van der Waals surface area (Å²) in [5.74, 6) is 0.626. The zero-order chi connectivity index (χ0) is 16.3. The molecule has 2 nitrogen and oxygen atoms in total. The smallest absolute Gasteiger partial charge is 0.0991 e. The first kappa shape index (κ1) is 17.6. The minimum Gasteiger partial charge on any atom is -0.498 e. The standard InChI is InChI=1S/C21H29NO/c1-2-3-4-5-6-7-16-23-21-14-12-20(13-15-21)19-10-8-18(17-22)9-11-19/h7-11,16,20-21H,2-6,12-15H2,1H3. The van der Waals surface area contributed by atoms with Crippen LogP contribution in [-0.4, -0.2) is 6.10 Å². The summed E-state index contributed by atoms with van der Waals surface area (Å²) >= 11 is 0. The van der Waals surface area contributed by atoms with Gasteiger partial charge in [0.15, 0.2) is 0 Å². The van der Waals surface area contributed by atoms with Gasteiger partial charge in [-0.3, -0.25) is 0 Å². The zero-order valence-corrected chi connectivity index (χ0v) is 14.3. The molecule has 0 heterocycles. The fourth-order valence-corrected chi connectivity index (χ4v) is 3.29. The average molecular weight is 311 g/mol. The van der Waals surface area contributed by atoms with E-state index in [0.717, 1.165) is 24.8 Å². The predicted octanol–water partition coefficient (Wildman–Crippen LogP) is 6.09. The third-order valence-corrected chi connectivity index (χ3v) is 4.78. The van der Waals surface area contributed by atoms with Crippen molar-refractivity contribution in [3.8, 4) is 6.07 Å². The van der Waals surface area contributed by atoms with E-state index in [2.05, 4.69) is 31.2 Å². The van der Waals surface area contributed by atoms with Gasteiger partial charge in [-0.15, -0.1) is 0 Å². The van der Waals surface area contributed by atoms with Gasteiger partial charge in [-0.2, -0.15) is 5.26 Å². The fraction of sp³-hybridized carbons (Fsp3) is 0.571. The molecule has 1 aromatic carbocycles. The summed E-state index contributed by atoms with van der Waals surface area (Å²) in [4.78, 5) is 0. The molecule has 0 aromatic heterocycles. The van der Waals surface area contributed by atoms with Crippen LogP contribution in [-0.2, 0) is 4.74 Å². The van der Waals surface area contributed by atoms with Gasteiger partial charge >= 0.3 is 0 Å². The number of unbranched alkanes of at least 4 members (excludes halogenated alkanes) is 4. The van der Waals surface area contributed by atoms with E-state index in [1.807, 2.05) is 18.4 Å². The van der Waals surface area contributed by atoms with E-state index in [-0.39, 0.29) is 0 Å². The number of nitrogens with zero attached hydrogens (tertiary/aromatic N) is 1. The highest BCUT2D eigenvalue weighted by molar-refractivity contribution is 5.33. The number of rotatable bonds is 8. The van der Waals surface area contributed by atoms with Crippen LogP contribution in [0.25, 0.3) is 0 Å². The quantitative estimate of drug-likeness (QED) is 0.430. The van der Waals surface area contributed by atoms with Gasteiger partial charge in [0.05, 0.1) is 24.0 Å². The van der Waals surface area contributed by atoms with Crippen molar-refractivity contribution < 1.29 is 4.74 Å². The Labute approximate surface area is 141 Å². The van der Waals surface area contributed by atoms with Crippen LogP contribution in [0.2, 0.25) is 0 Å². The molecule has 0 spiro atoms. The highest BCUT2D eigenvalue weighted by atomic mass is 16.5. The van der Waals surface area contributed by atoms with Crippen LogP contribution in [0.15, 0.2) is 36.6 Å². The Hall–Kier alpha value is -1.75. The Morgan fingerprint density at radius 1 is 1.09 bits per heavy atom. The van der Waals surface area contributed by atoms with Gasteiger partial charge in [-0.25, -0.2) is 0 Å². The third-order valence-electron chi connectivity index (χ3n) is 4.78. The molecule has 0 amide bonds. The normalized spacial score (nSPS) is 21.2. The van der Waals surface area contributed by atoms with E-state index in [0.29, 0.717) is 12.0 Å². The summed E-state index contributed by atoms with van der Waals surface area (Å²) in [5, 5.41) is 8.86. The topological polar surface area (TPSA) is 33.0 Å². The Morgan fingerprint density at radius 2 is 1.83 bits per heavy atom. The molecule has 0 unspecified atom stereocenters. The van der Waals surface area contributed by atoms with Crippen molar-refractivity contribution in [3.63, 3.8) is 0 Å². The van der Waals surface area contributed by atoms with Gasteiger partial charge in [-0.1, -0.05) is 38.3 Å². The largest absolute Gasteiger partial charge is 0.498 e. The molecule has 1 fully saturated rings. The Bertz CT molecular complexity index is 504. The van der Waals surface area contributed by atoms with Crippen LogP contribution in [0.4, 0.5) is 0 Å². The average Bonchev–Trinajstić information content (AvgIpc) is 2.61. The highest BCUT2D eigenvalue weighted by Gasteiger charge is 2.22. The van der Waals surface area contributed by atoms with Gasteiger partial charge in [-0.05, 0) is 68.2 Å². The fourth-order valence-electron chi connectivity index (χ4n) is 3.29. The molecular formula is C21H29NO. The van der Waals surface area contributed by atoms with Gasteiger partial charge in [0.2, 0.25) is 0 Å². The van der Waals surface area contributed by atoms with Gasteiger partial charge in [0.25, 0.3) is 0 Å². The molecule has 0 radical (unpaired) electrons. The maximum atomic E-state index is 8.86. The minimum atomic E-state index is 0.386. The summed E-state index contributed by atoms with van der Waals surface area (Å²) in [6.07, 6.45) is 15.5. The molecule has 0 saturated heterocycles. The molecule has 1 aliphatic carbocycles. The Kier molecular flexibility index (Phi) is 7.73. The van der Waals surface area contributed by atoms with Crippen molar-refractivity contribution in [1.82, 2.24) is 0 Å². The summed E-state index contributed by atoms with van der Waals surface area (Å²) < 4.78 is 5.89. The number of benzene rings is 1. The van der Waals surface area contributed by atoms with Crippen molar-refractivity contribution in [1.29, 1.82) is 5.26 Å². The monoisotopic (exact) mass is 311 g/mol.